The van der Waals surface area contributed by atoms with Crippen LogP contribution in [-0.2, 0) is 16.1 Å². The third-order valence-corrected chi connectivity index (χ3v) is 4.59. The highest BCUT2D eigenvalue weighted by molar-refractivity contribution is 6.30. The Balaban J connectivity index is 0.00000142. The Bertz CT molecular complexity index is 1000. The molecule has 0 spiro atoms. The molecule has 0 aliphatic carbocycles. The summed E-state index contributed by atoms with van der Waals surface area (Å²) in [6.45, 7) is 5.98. The first-order valence-electron chi connectivity index (χ1n) is 10.8. The maximum absolute atomic E-state index is 14.4. The van der Waals surface area contributed by atoms with Gasteiger partial charge < -0.3 is 15.0 Å². The van der Waals surface area contributed by atoms with E-state index >= 15 is 0 Å². The Labute approximate surface area is 209 Å². The fourth-order valence-corrected chi connectivity index (χ4v) is 2.60. The second-order valence-electron chi connectivity index (χ2n) is 7.43. The molecule has 2 aromatic carbocycles. The van der Waals surface area contributed by atoms with Gasteiger partial charge >= 0.3 is 6.03 Å². The van der Waals surface area contributed by atoms with Gasteiger partial charge in [-0.3, -0.25) is 19.8 Å². The molecule has 35 heavy (non-hydrogen) atoms. The molecule has 9 nitrogen and oxygen atoms in total. The molecule has 0 unspecified atom stereocenters. The Morgan fingerprint density at radius 2 is 1.83 bits per heavy atom. The summed E-state index contributed by atoms with van der Waals surface area (Å²) in [7, 11) is 3.17. The van der Waals surface area contributed by atoms with Gasteiger partial charge in [-0.25, -0.2) is 14.2 Å². The van der Waals surface area contributed by atoms with E-state index in [0.29, 0.717) is 24.4 Å². The van der Waals surface area contributed by atoms with E-state index in [9.17, 15) is 14.0 Å². The Morgan fingerprint density at radius 3 is 2.31 bits per heavy atom. The zero-order valence-electron chi connectivity index (χ0n) is 20.4. The fraction of sp³-hybridized carbons (Fsp3) is 0.333. The first-order valence-corrected chi connectivity index (χ1v) is 11.2. The highest BCUT2D eigenvalue weighted by Gasteiger charge is 2.17. The predicted molar refractivity (Wildman–Crippen MR) is 134 cm³/mol. The molecule has 0 bridgehead atoms. The molecule has 4 amide bonds. The number of carbonyl (C=O) groups is 3. The van der Waals surface area contributed by atoms with Gasteiger partial charge in [-0.1, -0.05) is 23.7 Å². The third kappa shape index (κ3) is 10.4. The SMILES string of the molecule is CCN(C)C(=O)NC(=Nc1ccc(OC(C)C)c(F)c1)N(C=O)Cc1ccc(Cl)cc1.CNC=O. The van der Waals surface area contributed by atoms with Crippen molar-refractivity contribution in [2.45, 2.75) is 33.4 Å². The summed E-state index contributed by atoms with van der Waals surface area (Å²) in [6.07, 6.45) is 0.986. The number of ether oxygens (including phenoxy) is 1. The number of urea groups is 1. The second-order valence-corrected chi connectivity index (χ2v) is 7.86. The molecule has 0 radical (unpaired) electrons. The van der Waals surface area contributed by atoms with Crippen molar-refractivity contribution in [1.82, 2.24) is 20.4 Å². The first-order chi connectivity index (χ1) is 16.6. The summed E-state index contributed by atoms with van der Waals surface area (Å²) >= 11 is 5.92. The Kier molecular flexibility index (Phi) is 12.8. The molecule has 0 heterocycles. The number of aliphatic imine (C=N–C) groups is 1. The van der Waals surface area contributed by atoms with Crippen LogP contribution >= 0.6 is 11.6 Å². The molecule has 11 heteroatoms. The van der Waals surface area contributed by atoms with E-state index < -0.39 is 11.8 Å². The van der Waals surface area contributed by atoms with Crippen LogP contribution in [0, 0.1) is 5.82 Å². The van der Waals surface area contributed by atoms with Crippen LogP contribution in [0.25, 0.3) is 0 Å². The van der Waals surface area contributed by atoms with E-state index in [2.05, 4.69) is 15.6 Å². The largest absolute Gasteiger partial charge is 0.488 e. The number of rotatable bonds is 8. The maximum atomic E-state index is 14.4. The van der Waals surface area contributed by atoms with Crippen LogP contribution in [-0.4, -0.2) is 61.4 Å². The van der Waals surface area contributed by atoms with Gasteiger partial charge in [0.1, 0.15) is 0 Å². The molecule has 190 valence electrons. The van der Waals surface area contributed by atoms with Gasteiger partial charge in [0.05, 0.1) is 18.3 Å². The second kappa shape index (κ2) is 15.3. The zero-order valence-corrected chi connectivity index (χ0v) is 21.2. The molecular formula is C24H31ClFN5O4. The summed E-state index contributed by atoms with van der Waals surface area (Å²) in [5.74, 6) is -0.535. The minimum absolute atomic E-state index is 0.0350. The molecule has 0 atom stereocenters. The Hall–Kier alpha value is -3.66. The number of nitrogens with zero attached hydrogens (tertiary/aromatic N) is 3. The topological polar surface area (TPSA) is 103 Å². The average Bonchev–Trinajstić information content (AvgIpc) is 2.84. The van der Waals surface area contributed by atoms with Gasteiger partial charge in [-0.2, -0.15) is 0 Å². The molecule has 2 rings (SSSR count). The quantitative estimate of drug-likeness (QED) is 0.321. The number of carbonyl (C=O) groups excluding carboxylic acids is 3. The molecule has 2 aromatic rings. The van der Waals surface area contributed by atoms with Crippen molar-refractivity contribution >= 4 is 42.1 Å². The third-order valence-electron chi connectivity index (χ3n) is 4.34. The average molecular weight is 508 g/mol. The molecule has 0 aliphatic rings. The van der Waals surface area contributed by atoms with E-state index in [1.165, 1.54) is 21.9 Å². The molecule has 0 fully saturated rings. The lowest BCUT2D eigenvalue weighted by Crippen LogP contribution is -2.47. The number of benzene rings is 2. The van der Waals surface area contributed by atoms with Crippen molar-refractivity contribution in [2.24, 2.45) is 4.99 Å². The van der Waals surface area contributed by atoms with Crippen LogP contribution < -0.4 is 15.4 Å². The number of hydrogen-bond donors (Lipinski definition) is 2. The zero-order chi connectivity index (χ0) is 26.4. The van der Waals surface area contributed by atoms with E-state index in [0.717, 1.165) is 5.56 Å². The highest BCUT2D eigenvalue weighted by Crippen LogP contribution is 2.24. The smallest absolute Gasteiger partial charge is 0.323 e. The van der Waals surface area contributed by atoms with Crippen LogP contribution in [0.15, 0.2) is 47.5 Å². The number of nitrogens with one attached hydrogen (secondary N) is 2. The van der Waals surface area contributed by atoms with Crippen molar-refractivity contribution in [3.05, 3.63) is 58.9 Å². The van der Waals surface area contributed by atoms with Crippen molar-refractivity contribution < 1.29 is 23.5 Å². The molecule has 0 saturated carbocycles. The van der Waals surface area contributed by atoms with E-state index in [-0.39, 0.29) is 30.0 Å². The highest BCUT2D eigenvalue weighted by atomic mass is 35.5. The summed E-state index contributed by atoms with van der Waals surface area (Å²) in [5, 5.41) is 5.43. The minimum Gasteiger partial charge on any atom is -0.488 e. The van der Waals surface area contributed by atoms with Crippen LogP contribution in [0.2, 0.25) is 5.02 Å². The van der Waals surface area contributed by atoms with Gasteiger partial charge in [0.25, 0.3) is 0 Å². The monoisotopic (exact) mass is 507 g/mol. The number of amides is 4. The standard InChI is InChI=1S/C22H26ClFN4O3.C2H5NO/c1-5-27(4)22(30)26-21(28(14-29)13-16-6-8-17(23)9-7-16)25-18-10-11-20(19(24)12-18)31-15(2)3;1-3-2-4/h6-12,14-15H,5,13H2,1-4H3,(H,25,26,30);2H,1H3,(H,3,4). The summed E-state index contributed by atoms with van der Waals surface area (Å²) in [6, 6.07) is 10.6. The van der Waals surface area contributed by atoms with Gasteiger partial charge in [0.15, 0.2) is 11.6 Å². The Morgan fingerprint density at radius 1 is 1.20 bits per heavy atom. The van der Waals surface area contributed by atoms with Gasteiger partial charge in [-0.15, -0.1) is 0 Å². The lowest BCUT2D eigenvalue weighted by atomic mass is 10.2. The summed E-state index contributed by atoms with van der Waals surface area (Å²) in [4.78, 5) is 40.3. The lowest BCUT2D eigenvalue weighted by Gasteiger charge is -2.23. The lowest BCUT2D eigenvalue weighted by molar-refractivity contribution is -0.115. The van der Waals surface area contributed by atoms with Gasteiger partial charge in [0, 0.05) is 31.7 Å². The molecule has 0 aromatic heterocycles. The number of guanidine groups is 1. The molecular weight excluding hydrogens is 477 g/mol. The normalized spacial score (nSPS) is 10.6. The number of hydrogen-bond acceptors (Lipinski definition) is 5. The van der Waals surface area contributed by atoms with Crippen LogP contribution in [0.4, 0.5) is 14.9 Å². The van der Waals surface area contributed by atoms with Crippen LogP contribution in [0.3, 0.4) is 0 Å². The maximum Gasteiger partial charge on any atom is 0.323 e. The summed E-state index contributed by atoms with van der Waals surface area (Å²) < 4.78 is 19.8. The molecule has 2 N–H and O–H groups in total. The fourth-order valence-electron chi connectivity index (χ4n) is 2.48. The van der Waals surface area contributed by atoms with Crippen LogP contribution in [0.1, 0.15) is 26.3 Å². The van der Waals surface area contributed by atoms with E-state index in [4.69, 9.17) is 21.1 Å². The first kappa shape index (κ1) is 29.4. The van der Waals surface area contributed by atoms with Crippen molar-refractivity contribution in [3.63, 3.8) is 0 Å². The summed E-state index contributed by atoms with van der Waals surface area (Å²) in [5.41, 5.74) is 0.986. The van der Waals surface area contributed by atoms with Crippen LogP contribution in [0.5, 0.6) is 5.75 Å². The number of halogens is 2. The van der Waals surface area contributed by atoms with Gasteiger partial charge in [0.2, 0.25) is 18.8 Å². The van der Waals surface area contributed by atoms with E-state index in [1.807, 2.05) is 6.92 Å². The molecule has 0 aliphatic heterocycles. The molecule has 0 saturated heterocycles. The predicted octanol–water partition coefficient (Wildman–Crippen LogP) is 3.94. The van der Waals surface area contributed by atoms with E-state index in [1.54, 1.807) is 58.3 Å². The van der Waals surface area contributed by atoms with Crippen molar-refractivity contribution in [2.75, 3.05) is 20.6 Å². The van der Waals surface area contributed by atoms with Crippen molar-refractivity contribution in [3.8, 4) is 5.75 Å². The minimum atomic E-state index is -0.596. The van der Waals surface area contributed by atoms with Crippen molar-refractivity contribution in [1.29, 1.82) is 0 Å². The van der Waals surface area contributed by atoms with Gasteiger partial charge in [-0.05, 0) is 50.6 Å².